The van der Waals surface area contributed by atoms with Crippen LogP contribution in [0.5, 0.6) is 0 Å². The van der Waals surface area contributed by atoms with Crippen LogP contribution in [-0.2, 0) is 11.3 Å². The highest BCUT2D eigenvalue weighted by Crippen LogP contribution is 2.53. The first-order valence-corrected chi connectivity index (χ1v) is 12.0. The molecule has 1 aromatic rings. The molecule has 6 heteroatoms. The van der Waals surface area contributed by atoms with Crippen LogP contribution in [0.15, 0.2) is 12.4 Å². The fraction of sp³-hybridized carbons (Fsp3) is 0.792. The molecular weight excluding hydrogens is 374 g/mol. The van der Waals surface area contributed by atoms with Crippen molar-refractivity contribution in [1.29, 1.82) is 0 Å². The Balaban J connectivity index is 1.13. The van der Waals surface area contributed by atoms with Crippen LogP contribution >= 0.6 is 0 Å². The monoisotopic (exact) mass is 411 g/mol. The van der Waals surface area contributed by atoms with E-state index in [4.69, 9.17) is 9.97 Å². The molecule has 2 atom stereocenters. The molecule has 3 saturated heterocycles. The molecule has 4 fully saturated rings. The molecule has 4 heterocycles. The zero-order chi connectivity index (χ0) is 20.9. The Kier molecular flexibility index (Phi) is 5.34. The van der Waals surface area contributed by atoms with E-state index in [0.29, 0.717) is 29.2 Å². The fourth-order valence-electron chi connectivity index (χ4n) is 6.51. The first kappa shape index (κ1) is 20.4. The van der Waals surface area contributed by atoms with E-state index in [0.717, 1.165) is 51.5 Å². The predicted molar refractivity (Wildman–Crippen MR) is 118 cm³/mol. The van der Waals surface area contributed by atoms with Crippen LogP contribution < -0.4 is 4.90 Å². The van der Waals surface area contributed by atoms with Crippen molar-refractivity contribution in [1.82, 2.24) is 19.8 Å². The van der Waals surface area contributed by atoms with Gasteiger partial charge >= 0.3 is 0 Å². The highest BCUT2D eigenvalue weighted by atomic mass is 16.1. The highest BCUT2D eigenvalue weighted by molar-refractivity contribution is 5.83. The van der Waals surface area contributed by atoms with E-state index in [2.05, 4.69) is 21.7 Å². The molecule has 2 unspecified atom stereocenters. The lowest BCUT2D eigenvalue weighted by atomic mass is 9.56. The Morgan fingerprint density at radius 2 is 1.70 bits per heavy atom. The zero-order valence-electron chi connectivity index (χ0n) is 18.9. The maximum atomic E-state index is 12.2. The summed E-state index contributed by atoms with van der Waals surface area (Å²) in [5.74, 6) is 1.93. The van der Waals surface area contributed by atoms with Gasteiger partial charge in [-0.3, -0.25) is 9.69 Å². The number of carbonyl (C=O) groups excluding carboxylic acids is 1. The predicted octanol–water partition coefficient (Wildman–Crippen LogP) is 2.98. The Bertz CT molecular complexity index is 748. The molecular formula is C24H37N5O. The van der Waals surface area contributed by atoms with Crippen molar-refractivity contribution in [3.05, 3.63) is 18.0 Å². The van der Waals surface area contributed by atoms with Crippen LogP contribution in [0.2, 0.25) is 0 Å². The number of hydrogen-bond donors (Lipinski definition) is 0. The van der Waals surface area contributed by atoms with Crippen LogP contribution in [0.3, 0.4) is 0 Å². The number of Topliss-reactive ketones (excluding diaryl/α,β-unsaturated/α-hetero) is 1. The van der Waals surface area contributed by atoms with E-state index >= 15 is 0 Å². The molecule has 0 amide bonds. The van der Waals surface area contributed by atoms with Gasteiger partial charge in [0, 0.05) is 61.5 Å². The molecule has 1 aromatic heterocycles. The van der Waals surface area contributed by atoms with Crippen molar-refractivity contribution in [2.75, 3.05) is 38.1 Å². The second-order valence-corrected chi connectivity index (χ2v) is 10.8. The number of fused-ring (bicyclic) bond motifs is 2. The second-order valence-electron chi connectivity index (χ2n) is 10.8. The molecule has 164 valence electrons. The lowest BCUT2D eigenvalue weighted by Crippen LogP contribution is -2.53. The van der Waals surface area contributed by atoms with Crippen molar-refractivity contribution >= 4 is 11.7 Å². The molecule has 2 bridgehead atoms. The number of ketones is 1. The Morgan fingerprint density at radius 3 is 2.27 bits per heavy atom. The van der Waals surface area contributed by atoms with Crippen molar-refractivity contribution in [3.8, 4) is 0 Å². The summed E-state index contributed by atoms with van der Waals surface area (Å²) < 4.78 is 0. The van der Waals surface area contributed by atoms with Gasteiger partial charge in [-0.15, -0.1) is 0 Å². The van der Waals surface area contributed by atoms with E-state index in [1.165, 1.54) is 31.2 Å². The van der Waals surface area contributed by atoms with Crippen molar-refractivity contribution < 1.29 is 4.79 Å². The molecule has 5 rings (SSSR count). The average Bonchev–Trinajstić information content (AvgIpc) is 2.98. The summed E-state index contributed by atoms with van der Waals surface area (Å²) in [5, 5.41) is 0. The molecule has 30 heavy (non-hydrogen) atoms. The van der Waals surface area contributed by atoms with Crippen LogP contribution in [0, 0.1) is 17.3 Å². The van der Waals surface area contributed by atoms with E-state index in [1.807, 2.05) is 26.2 Å². The normalized spacial score (nSPS) is 29.5. The number of likely N-dealkylation sites (N-methyl/N-ethyl adjacent to an activating group) is 1. The SMILES string of the molecule is CC(C)C(=O)C1CC2(CCN(Cc3cnc(N4C5CCC4CN(C)C5)nc3)CC2)C1. The van der Waals surface area contributed by atoms with Crippen molar-refractivity contribution in [2.24, 2.45) is 17.3 Å². The summed E-state index contributed by atoms with van der Waals surface area (Å²) in [7, 11) is 2.22. The smallest absolute Gasteiger partial charge is 0.225 e. The third-order valence-corrected chi connectivity index (χ3v) is 8.24. The third-order valence-electron chi connectivity index (χ3n) is 8.24. The van der Waals surface area contributed by atoms with Crippen molar-refractivity contribution in [3.63, 3.8) is 0 Å². The zero-order valence-corrected chi connectivity index (χ0v) is 18.9. The van der Waals surface area contributed by atoms with Crippen LogP contribution in [-0.4, -0.2) is 70.9 Å². The highest BCUT2D eigenvalue weighted by Gasteiger charge is 2.48. The summed E-state index contributed by atoms with van der Waals surface area (Å²) in [4.78, 5) is 29.2. The topological polar surface area (TPSA) is 52.6 Å². The Hall–Kier alpha value is -1.53. The number of aromatic nitrogens is 2. The summed E-state index contributed by atoms with van der Waals surface area (Å²) in [6.45, 7) is 9.54. The Labute approximate surface area is 181 Å². The summed E-state index contributed by atoms with van der Waals surface area (Å²) >= 11 is 0. The molecule has 6 nitrogen and oxygen atoms in total. The molecule has 1 saturated carbocycles. The molecule has 0 aromatic carbocycles. The number of rotatable bonds is 5. The largest absolute Gasteiger partial charge is 0.332 e. The fourth-order valence-corrected chi connectivity index (χ4v) is 6.51. The quantitative estimate of drug-likeness (QED) is 0.743. The van der Waals surface area contributed by atoms with Gasteiger partial charge in [-0.25, -0.2) is 9.97 Å². The molecule has 0 radical (unpaired) electrons. The van der Waals surface area contributed by atoms with Crippen molar-refractivity contribution in [2.45, 2.75) is 71.0 Å². The van der Waals surface area contributed by atoms with Gasteiger partial charge in [0.1, 0.15) is 5.78 Å². The minimum absolute atomic E-state index is 0.191. The van der Waals surface area contributed by atoms with E-state index in [1.54, 1.807) is 0 Å². The van der Waals surface area contributed by atoms with Crippen LogP contribution in [0.1, 0.15) is 57.9 Å². The molecule has 4 aliphatic rings. The van der Waals surface area contributed by atoms with Crippen LogP contribution in [0.25, 0.3) is 0 Å². The lowest BCUT2D eigenvalue weighted by Gasteiger charge is -2.52. The minimum atomic E-state index is 0.191. The van der Waals surface area contributed by atoms with E-state index < -0.39 is 0 Å². The number of hydrogen-bond acceptors (Lipinski definition) is 6. The van der Waals surface area contributed by atoms with Gasteiger partial charge in [-0.2, -0.15) is 0 Å². The molecule has 0 N–H and O–H groups in total. The number of nitrogens with zero attached hydrogens (tertiary/aromatic N) is 5. The van der Waals surface area contributed by atoms with Gasteiger partial charge in [-0.1, -0.05) is 13.8 Å². The second kappa shape index (κ2) is 7.86. The first-order valence-electron chi connectivity index (χ1n) is 12.0. The molecule has 1 spiro atoms. The third kappa shape index (κ3) is 3.77. The first-order chi connectivity index (χ1) is 14.4. The standard InChI is InChI=1S/C24H37N5O/c1-17(2)22(30)19-10-24(11-19)6-8-28(9-7-24)14-18-12-25-23(26-13-18)29-20-4-5-21(29)16-27(3)15-20/h12-13,17,19-21H,4-11,14-16H2,1-3H3. The summed E-state index contributed by atoms with van der Waals surface area (Å²) in [5.41, 5.74) is 1.67. The number of piperidine rings is 1. The van der Waals surface area contributed by atoms with Gasteiger partial charge in [0.05, 0.1) is 0 Å². The number of piperazine rings is 1. The number of carbonyl (C=O) groups is 1. The average molecular weight is 412 g/mol. The number of anilines is 1. The van der Waals surface area contributed by atoms with Crippen LogP contribution in [0.4, 0.5) is 5.95 Å². The van der Waals surface area contributed by atoms with Gasteiger partial charge < -0.3 is 9.80 Å². The molecule has 3 aliphatic heterocycles. The van der Waals surface area contributed by atoms with Gasteiger partial charge in [0.25, 0.3) is 0 Å². The van der Waals surface area contributed by atoms with E-state index in [-0.39, 0.29) is 5.92 Å². The van der Waals surface area contributed by atoms with E-state index in [9.17, 15) is 4.79 Å². The number of likely N-dealkylation sites (tertiary alicyclic amines) is 2. The maximum absolute atomic E-state index is 12.2. The van der Waals surface area contributed by atoms with Gasteiger partial charge in [0.2, 0.25) is 5.95 Å². The Morgan fingerprint density at radius 1 is 1.10 bits per heavy atom. The molecule has 1 aliphatic carbocycles. The lowest BCUT2D eigenvalue weighted by molar-refractivity contribution is -0.135. The minimum Gasteiger partial charge on any atom is -0.332 e. The maximum Gasteiger partial charge on any atom is 0.225 e. The summed E-state index contributed by atoms with van der Waals surface area (Å²) in [6, 6.07) is 1.15. The van der Waals surface area contributed by atoms with Gasteiger partial charge in [0.15, 0.2) is 0 Å². The summed E-state index contributed by atoms with van der Waals surface area (Å²) in [6.07, 6.45) is 11.3. The van der Waals surface area contributed by atoms with Gasteiger partial charge in [-0.05, 0) is 64.1 Å².